The largest absolute Gasteiger partial charge is 0.392 e. The maximum absolute atomic E-state index is 9.27. The van der Waals surface area contributed by atoms with E-state index in [1.165, 1.54) is 11.3 Å². The molecule has 0 saturated carbocycles. The second-order valence-electron chi connectivity index (χ2n) is 2.97. The average molecular weight is 173 g/mol. The fourth-order valence-corrected chi connectivity index (χ4v) is 2.44. The number of β-amino-alcohol motifs (C(OH)–C–C–N with tert-alkyl or cyclic N) is 1. The van der Waals surface area contributed by atoms with Crippen LogP contribution in [-0.2, 0) is 0 Å². The predicted octanol–water partition coefficient (Wildman–Crippen LogP) is -0.164. The first-order valence-corrected chi connectivity index (χ1v) is 5.01. The summed E-state index contributed by atoms with van der Waals surface area (Å²) in [5, 5.41) is 12.6. The van der Waals surface area contributed by atoms with Crippen LogP contribution in [0.15, 0.2) is 0 Å². The normalized spacial score (nSPS) is 35.2. The summed E-state index contributed by atoms with van der Waals surface area (Å²) in [6, 6.07) is 0. The topological polar surface area (TPSA) is 35.5 Å². The van der Waals surface area contributed by atoms with Crippen LogP contribution in [0, 0.1) is 5.50 Å². The molecular formula is C7H13N2OS. The van der Waals surface area contributed by atoms with Gasteiger partial charge in [0.2, 0.25) is 0 Å². The molecule has 0 aromatic carbocycles. The molecule has 3 nitrogen and oxygen atoms in total. The molecule has 2 fully saturated rings. The van der Waals surface area contributed by atoms with Gasteiger partial charge in [0.25, 0.3) is 0 Å². The summed E-state index contributed by atoms with van der Waals surface area (Å²) in [7, 11) is 0. The molecule has 0 aliphatic carbocycles. The Hall–Kier alpha value is 0.230. The Balaban J connectivity index is 1.85. The monoisotopic (exact) mass is 173 g/mol. The highest BCUT2D eigenvalue weighted by Crippen LogP contribution is 2.28. The first-order valence-electron chi connectivity index (χ1n) is 4.03. The van der Waals surface area contributed by atoms with Crippen LogP contribution < -0.4 is 5.32 Å². The lowest BCUT2D eigenvalue weighted by Gasteiger charge is -2.20. The molecule has 2 rings (SSSR count). The summed E-state index contributed by atoms with van der Waals surface area (Å²) in [6.07, 6.45) is 0.816. The van der Waals surface area contributed by atoms with Crippen LogP contribution in [0.4, 0.5) is 0 Å². The molecule has 0 bridgehead atoms. The molecule has 1 radical (unpaired) electrons. The number of aliphatic hydroxyl groups is 1. The van der Waals surface area contributed by atoms with Gasteiger partial charge in [-0.2, -0.15) is 0 Å². The van der Waals surface area contributed by atoms with Gasteiger partial charge in [-0.15, -0.1) is 11.8 Å². The lowest BCUT2D eigenvalue weighted by molar-refractivity contribution is 0.180. The van der Waals surface area contributed by atoms with Crippen LogP contribution in [0.25, 0.3) is 0 Å². The van der Waals surface area contributed by atoms with Crippen LogP contribution in [-0.4, -0.2) is 41.5 Å². The lowest BCUT2D eigenvalue weighted by Crippen LogP contribution is -2.32. The van der Waals surface area contributed by atoms with Gasteiger partial charge in [-0.05, 0) is 6.42 Å². The number of nitrogens with zero attached hydrogens (tertiary/aromatic N) is 1. The second kappa shape index (κ2) is 3.31. The third-order valence-corrected chi connectivity index (χ3v) is 3.15. The summed E-state index contributed by atoms with van der Waals surface area (Å²) >= 11 is 1.86. The van der Waals surface area contributed by atoms with E-state index < -0.39 is 0 Å². The van der Waals surface area contributed by atoms with Gasteiger partial charge in [0.15, 0.2) is 5.50 Å². The van der Waals surface area contributed by atoms with E-state index in [-0.39, 0.29) is 6.10 Å². The van der Waals surface area contributed by atoms with E-state index in [4.69, 9.17) is 0 Å². The molecule has 2 aliphatic heterocycles. The van der Waals surface area contributed by atoms with Gasteiger partial charge in [-0.1, -0.05) is 0 Å². The van der Waals surface area contributed by atoms with Crippen molar-refractivity contribution in [2.75, 3.05) is 25.4 Å². The molecule has 1 unspecified atom stereocenters. The van der Waals surface area contributed by atoms with Gasteiger partial charge < -0.3 is 5.11 Å². The molecule has 1 atom stereocenters. The molecule has 2 N–H and O–H groups in total. The molecule has 0 aromatic heterocycles. The van der Waals surface area contributed by atoms with Gasteiger partial charge >= 0.3 is 0 Å². The van der Waals surface area contributed by atoms with Gasteiger partial charge in [-0.25, -0.2) is 0 Å². The Labute approximate surface area is 71.1 Å². The third-order valence-electron chi connectivity index (χ3n) is 2.07. The van der Waals surface area contributed by atoms with Gasteiger partial charge in [0, 0.05) is 25.4 Å². The van der Waals surface area contributed by atoms with Crippen LogP contribution in [0.5, 0.6) is 0 Å². The molecule has 2 aliphatic rings. The van der Waals surface area contributed by atoms with Crippen LogP contribution in [0.1, 0.15) is 6.42 Å². The van der Waals surface area contributed by atoms with Crippen molar-refractivity contribution in [3.63, 3.8) is 0 Å². The molecule has 0 spiro atoms. The fraction of sp³-hybridized carbons (Fsp3) is 0.857. The molecule has 0 amide bonds. The molecular weight excluding hydrogens is 160 g/mol. The Morgan fingerprint density at radius 2 is 2.55 bits per heavy atom. The van der Waals surface area contributed by atoms with Crippen molar-refractivity contribution in [3.8, 4) is 0 Å². The summed E-state index contributed by atoms with van der Waals surface area (Å²) in [6.45, 7) is 2.90. The summed E-state index contributed by atoms with van der Waals surface area (Å²) < 4.78 is 0. The maximum Gasteiger partial charge on any atom is 0.162 e. The number of rotatable bonds is 1. The SMILES string of the molecule is OC1CCN([C]2NCCS2)C1. The first-order chi connectivity index (χ1) is 5.36. The lowest BCUT2D eigenvalue weighted by atomic mass is 10.3. The molecule has 11 heavy (non-hydrogen) atoms. The van der Waals surface area contributed by atoms with Crippen molar-refractivity contribution in [3.05, 3.63) is 5.50 Å². The van der Waals surface area contributed by atoms with Crippen LogP contribution in [0.2, 0.25) is 0 Å². The summed E-state index contributed by atoms with van der Waals surface area (Å²) in [4.78, 5) is 2.24. The van der Waals surface area contributed by atoms with Gasteiger partial charge in [-0.3, -0.25) is 10.2 Å². The van der Waals surface area contributed by atoms with Crippen LogP contribution in [0.3, 0.4) is 0 Å². The Morgan fingerprint density at radius 1 is 1.64 bits per heavy atom. The van der Waals surface area contributed by atoms with Gasteiger partial charge in [0.05, 0.1) is 6.10 Å². The zero-order valence-corrected chi connectivity index (χ0v) is 7.23. The number of hydrogen-bond donors (Lipinski definition) is 2. The zero-order chi connectivity index (χ0) is 7.68. The number of likely N-dealkylation sites (tertiary alicyclic amines) is 1. The number of thioether (sulfide) groups is 1. The quantitative estimate of drug-likeness (QED) is 0.577. The van der Waals surface area contributed by atoms with Crippen molar-refractivity contribution in [2.45, 2.75) is 12.5 Å². The standard InChI is InChI=1S/C7H13N2OS/c10-6-1-3-9(5-6)7-8-2-4-11-7/h6,8,10H,1-5H2. The van der Waals surface area contributed by atoms with Crippen LogP contribution >= 0.6 is 11.8 Å². The second-order valence-corrected chi connectivity index (χ2v) is 4.05. The van der Waals surface area contributed by atoms with Gasteiger partial charge in [0.1, 0.15) is 0 Å². The maximum atomic E-state index is 9.27. The van der Waals surface area contributed by atoms with E-state index in [0.717, 1.165) is 26.1 Å². The smallest absolute Gasteiger partial charge is 0.162 e. The Kier molecular flexibility index (Phi) is 2.36. The third kappa shape index (κ3) is 1.69. The minimum absolute atomic E-state index is 0.106. The minimum atomic E-state index is -0.106. The highest BCUT2D eigenvalue weighted by atomic mass is 32.2. The summed E-state index contributed by atoms with van der Waals surface area (Å²) in [5.41, 5.74) is 1.27. The zero-order valence-electron chi connectivity index (χ0n) is 6.42. The van der Waals surface area contributed by atoms with Crippen molar-refractivity contribution in [1.29, 1.82) is 0 Å². The molecule has 0 aromatic rings. The summed E-state index contributed by atoms with van der Waals surface area (Å²) in [5.74, 6) is 1.17. The van der Waals surface area contributed by atoms with Crippen molar-refractivity contribution >= 4 is 11.8 Å². The van der Waals surface area contributed by atoms with E-state index in [2.05, 4.69) is 10.2 Å². The highest BCUT2D eigenvalue weighted by molar-refractivity contribution is 8.02. The van der Waals surface area contributed by atoms with Crippen molar-refractivity contribution < 1.29 is 5.11 Å². The number of aliphatic hydroxyl groups excluding tert-OH is 1. The molecule has 2 heterocycles. The van der Waals surface area contributed by atoms with E-state index in [1.54, 1.807) is 0 Å². The minimum Gasteiger partial charge on any atom is -0.392 e. The average Bonchev–Trinajstić information content (AvgIpc) is 2.55. The van der Waals surface area contributed by atoms with E-state index in [0.29, 0.717) is 0 Å². The van der Waals surface area contributed by atoms with Crippen molar-refractivity contribution in [1.82, 2.24) is 10.2 Å². The first kappa shape index (κ1) is 7.86. The molecule has 4 heteroatoms. The fourth-order valence-electron chi connectivity index (χ4n) is 1.49. The molecule has 2 saturated heterocycles. The predicted molar refractivity (Wildman–Crippen MR) is 45.9 cm³/mol. The van der Waals surface area contributed by atoms with E-state index >= 15 is 0 Å². The Bertz CT molecular complexity index is 138. The van der Waals surface area contributed by atoms with E-state index in [9.17, 15) is 5.11 Å². The Morgan fingerprint density at radius 3 is 3.09 bits per heavy atom. The highest BCUT2D eigenvalue weighted by Gasteiger charge is 2.29. The molecule has 63 valence electrons. The van der Waals surface area contributed by atoms with E-state index in [1.807, 2.05) is 11.8 Å². The van der Waals surface area contributed by atoms with Crippen molar-refractivity contribution in [2.24, 2.45) is 0 Å². The number of nitrogens with one attached hydrogen (secondary N) is 1. The number of hydrogen-bond acceptors (Lipinski definition) is 4.